The van der Waals surface area contributed by atoms with E-state index in [9.17, 15) is 9.90 Å². The van der Waals surface area contributed by atoms with Crippen molar-refractivity contribution in [1.82, 2.24) is 5.32 Å². The molecule has 0 unspecified atom stereocenters. The molecule has 1 amide bonds. The highest BCUT2D eigenvalue weighted by molar-refractivity contribution is 6.30. The van der Waals surface area contributed by atoms with Gasteiger partial charge in [-0.2, -0.15) is 0 Å². The van der Waals surface area contributed by atoms with Crippen molar-refractivity contribution in [3.8, 4) is 0 Å². The maximum atomic E-state index is 12.0. The normalized spacial score (nSPS) is 15.0. The topological polar surface area (TPSA) is 74.5 Å². The average molecular weight is 337 g/mol. The summed E-state index contributed by atoms with van der Waals surface area (Å²) in [7, 11) is 0. The first kappa shape index (κ1) is 17.5. The lowest BCUT2D eigenvalue weighted by molar-refractivity contribution is -0.116. The molecule has 1 aromatic carbocycles. The Hall–Kier alpha value is -1.82. The highest BCUT2D eigenvalue weighted by Gasteiger charge is 2.26. The molecule has 0 radical (unpaired) electrons. The van der Waals surface area contributed by atoms with E-state index < -0.39 is 5.60 Å². The number of hydrogen-bond donors (Lipinski definition) is 3. The zero-order chi connectivity index (χ0) is 16.9. The lowest BCUT2D eigenvalue weighted by Crippen LogP contribution is -2.40. The molecule has 0 fully saturated rings. The van der Waals surface area contributed by atoms with Crippen molar-refractivity contribution < 1.29 is 14.3 Å². The third-order valence-electron chi connectivity index (χ3n) is 3.47. The maximum Gasteiger partial charge on any atom is 0.225 e. The molecule has 0 saturated carbocycles. The molecule has 5 nitrogen and oxygen atoms in total. The fourth-order valence-corrected chi connectivity index (χ4v) is 2.27. The van der Waals surface area contributed by atoms with Gasteiger partial charge in [0, 0.05) is 29.7 Å². The van der Waals surface area contributed by atoms with E-state index in [2.05, 4.69) is 10.6 Å². The second-order valence-electron chi connectivity index (χ2n) is 5.79. The minimum atomic E-state index is -1.12. The molecule has 1 heterocycles. The minimum absolute atomic E-state index is 0.0938. The number of amides is 1. The zero-order valence-corrected chi connectivity index (χ0v) is 13.9. The second kappa shape index (κ2) is 7.64. The summed E-state index contributed by atoms with van der Waals surface area (Å²) >= 11 is 5.80. The summed E-state index contributed by atoms with van der Waals surface area (Å²) in [4.78, 5) is 12.0. The molecule has 0 aliphatic carbocycles. The quantitative estimate of drug-likeness (QED) is 0.726. The summed E-state index contributed by atoms with van der Waals surface area (Å²) in [5.74, 6) is 0.382. The van der Waals surface area contributed by atoms with Gasteiger partial charge in [-0.3, -0.25) is 4.79 Å². The molecule has 0 aliphatic heterocycles. The van der Waals surface area contributed by atoms with Crippen molar-refractivity contribution in [2.45, 2.75) is 31.9 Å². The molecule has 2 aromatic rings. The lowest BCUT2D eigenvalue weighted by atomic mass is 10.0. The van der Waals surface area contributed by atoms with E-state index in [4.69, 9.17) is 16.0 Å². The molecule has 6 heteroatoms. The predicted molar refractivity (Wildman–Crippen MR) is 90.4 cm³/mol. The Labute approximate surface area is 140 Å². The van der Waals surface area contributed by atoms with Crippen LogP contribution in [0.4, 0.5) is 5.69 Å². The largest absolute Gasteiger partial charge is 0.466 e. The van der Waals surface area contributed by atoms with Crippen LogP contribution in [0.5, 0.6) is 0 Å². The summed E-state index contributed by atoms with van der Waals surface area (Å²) in [6.07, 6.45) is 1.81. The Morgan fingerprint density at radius 2 is 2.04 bits per heavy atom. The van der Waals surface area contributed by atoms with Crippen molar-refractivity contribution in [3.05, 3.63) is 53.4 Å². The molecule has 2 rings (SSSR count). The number of furan rings is 1. The fraction of sp³-hybridized carbons (Fsp3) is 0.353. The Morgan fingerprint density at radius 3 is 2.65 bits per heavy atom. The van der Waals surface area contributed by atoms with Gasteiger partial charge in [-0.1, -0.05) is 11.6 Å². The molecule has 0 saturated heterocycles. The van der Waals surface area contributed by atoms with Crippen molar-refractivity contribution in [2.75, 3.05) is 11.9 Å². The van der Waals surface area contributed by atoms with Crippen LogP contribution in [0.3, 0.4) is 0 Å². The Morgan fingerprint density at radius 1 is 1.35 bits per heavy atom. The van der Waals surface area contributed by atoms with Crippen LogP contribution in [0.1, 0.15) is 26.0 Å². The molecule has 124 valence electrons. The highest BCUT2D eigenvalue weighted by atomic mass is 35.5. The monoisotopic (exact) mass is 336 g/mol. The number of benzene rings is 1. The van der Waals surface area contributed by atoms with E-state index in [1.54, 1.807) is 43.3 Å². The molecule has 0 bridgehead atoms. The molecule has 2 atom stereocenters. The fourth-order valence-electron chi connectivity index (χ4n) is 2.14. The SMILES string of the molecule is C[C@@H](CC(=O)Nc1ccc(Cl)cc1)NC[C@](C)(O)c1ccco1. The molecule has 3 N–H and O–H groups in total. The average Bonchev–Trinajstić information content (AvgIpc) is 3.03. The van der Waals surface area contributed by atoms with Gasteiger partial charge in [0.1, 0.15) is 11.4 Å². The van der Waals surface area contributed by atoms with Crippen LogP contribution < -0.4 is 10.6 Å². The van der Waals surface area contributed by atoms with Crippen LogP contribution in [-0.2, 0) is 10.4 Å². The third-order valence-corrected chi connectivity index (χ3v) is 3.72. The van der Waals surface area contributed by atoms with E-state index in [1.807, 2.05) is 6.92 Å². The van der Waals surface area contributed by atoms with Gasteiger partial charge in [0.15, 0.2) is 0 Å². The van der Waals surface area contributed by atoms with Crippen LogP contribution >= 0.6 is 11.6 Å². The van der Waals surface area contributed by atoms with Crippen LogP contribution in [0.2, 0.25) is 5.02 Å². The first-order valence-electron chi connectivity index (χ1n) is 7.42. The Bertz CT molecular complexity index is 624. The number of carbonyl (C=O) groups excluding carboxylic acids is 1. The third kappa shape index (κ3) is 5.39. The van der Waals surface area contributed by atoms with Gasteiger partial charge in [-0.15, -0.1) is 0 Å². The van der Waals surface area contributed by atoms with Crippen LogP contribution in [0.25, 0.3) is 0 Å². The summed E-state index contributed by atoms with van der Waals surface area (Å²) < 4.78 is 5.22. The lowest BCUT2D eigenvalue weighted by Gasteiger charge is -2.24. The van der Waals surface area contributed by atoms with E-state index in [1.165, 1.54) is 6.26 Å². The molecule has 0 spiro atoms. The first-order valence-corrected chi connectivity index (χ1v) is 7.80. The second-order valence-corrected chi connectivity index (χ2v) is 6.23. The number of nitrogens with one attached hydrogen (secondary N) is 2. The minimum Gasteiger partial charge on any atom is -0.466 e. The van der Waals surface area contributed by atoms with Gasteiger partial charge in [0.05, 0.1) is 6.26 Å². The van der Waals surface area contributed by atoms with Crippen molar-refractivity contribution in [1.29, 1.82) is 0 Å². The maximum absolute atomic E-state index is 12.0. The number of carbonyl (C=O) groups is 1. The standard InChI is InChI=1S/C17H21ClN2O3/c1-12(19-11-17(2,22)15-4-3-9-23-15)10-16(21)20-14-7-5-13(18)6-8-14/h3-9,12,19,22H,10-11H2,1-2H3,(H,20,21)/t12-,17-/m0/s1. The predicted octanol–water partition coefficient (Wildman–Crippen LogP) is 3.15. The molecular weight excluding hydrogens is 316 g/mol. The first-order chi connectivity index (χ1) is 10.9. The van der Waals surface area contributed by atoms with Crippen LogP contribution in [-0.4, -0.2) is 23.6 Å². The van der Waals surface area contributed by atoms with E-state index in [0.717, 1.165) is 0 Å². The number of rotatable bonds is 7. The van der Waals surface area contributed by atoms with Crippen molar-refractivity contribution in [3.63, 3.8) is 0 Å². The number of anilines is 1. The number of hydrogen-bond acceptors (Lipinski definition) is 4. The summed E-state index contributed by atoms with van der Waals surface area (Å²) in [6, 6.07) is 10.3. The van der Waals surface area contributed by atoms with Crippen molar-refractivity contribution >= 4 is 23.2 Å². The number of aliphatic hydroxyl groups is 1. The van der Waals surface area contributed by atoms with Crippen molar-refractivity contribution in [2.24, 2.45) is 0 Å². The van der Waals surface area contributed by atoms with E-state index >= 15 is 0 Å². The van der Waals surface area contributed by atoms with Gasteiger partial charge < -0.3 is 20.2 Å². The summed E-state index contributed by atoms with van der Waals surface area (Å²) in [6.45, 7) is 3.84. The van der Waals surface area contributed by atoms with Crippen LogP contribution in [0, 0.1) is 0 Å². The molecule has 1 aromatic heterocycles. The van der Waals surface area contributed by atoms with Crippen LogP contribution in [0.15, 0.2) is 47.1 Å². The van der Waals surface area contributed by atoms with Gasteiger partial charge in [0.2, 0.25) is 5.91 Å². The van der Waals surface area contributed by atoms with Gasteiger partial charge in [-0.05, 0) is 50.2 Å². The molecular formula is C17H21ClN2O3. The molecule has 23 heavy (non-hydrogen) atoms. The Balaban J connectivity index is 1.79. The zero-order valence-electron chi connectivity index (χ0n) is 13.2. The van der Waals surface area contributed by atoms with E-state index in [-0.39, 0.29) is 24.9 Å². The highest BCUT2D eigenvalue weighted by Crippen LogP contribution is 2.20. The summed E-state index contributed by atoms with van der Waals surface area (Å²) in [5, 5.41) is 16.9. The van der Waals surface area contributed by atoms with Gasteiger partial charge in [0.25, 0.3) is 0 Å². The molecule has 0 aliphatic rings. The van der Waals surface area contributed by atoms with Gasteiger partial charge >= 0.3 is 0 Å². The van der Waals surface area contributed by atoms with Gasteiger partial charge in [-0.25, -0.2) is 0 Å². The summed E-state index contributed by atoms with van der Waals surface area (Å²) in [5.41, 5.74) is -0.418. The van der Waals surface area contributed by atoms with E-state index in [0.29, 0.717) is 16.5 Å². The Kier molecular flexibility index (Phi) is 5.82. The number of halogens is 1. The smallest absolute Gasteiger partial charge is 0.225 e.